The summed E-state index contributed by atoms with van der Waals surface area (Å²) in [4.78, 5) is 5.21. The molecule has 1 heterocycles. The lowest BCUT2D eigenvalue weighted by Crippen LogP contribution is -2.22. The van der Waals surface area contributed by atoms with Gasteiger partial charge in [-0.15, -0.1) is 0 Å². The van der Waals surface area contributed by atoms with Crippen LogP contribution < -0.4 is 4.74 Å². The molecule has 1 aromatic heterocycles. The topological polar surface area (TPSA) is 45.9 Å². The van der Waals surface area contributed by atoms with Gasteiger partial charge in [0, 0.05) is 23.7 Å². The molecule has 0 amide bonds. The third-order valence-corrected chi connectivity index (χ3v) is 4.90. The van der Waals surface area contributed by atoms with Crippen LogP contribution in [-0.2, 0) is 5.41 Å². The Balaban J connectivity index is 1.96. The van der Waals surface area contributed by atoms with Crippen molar-refractivity contribution in [2.24, 2.45) is 0 Å². The molecular weight excluding hydrogens is 348 g/mol. The van der Waals surface area contributed by atoms with Crippen LogP contribution >= 0.6 is 25.0 Å². The molecule has 2 rings (SSSR count). The van der Waals surface area contributed by atoms with Gasteiger partial charge in [-0.05, 0) is 67.8 Å². The van der Waals surface area contributed by atoms with Crippen molar-refractivity contribution in [2.75, 3.05) is 6.61 Å². The van der Waals surface area contributed by atoms with Crippen LogP contribution in [0.25, 0.3) is 0 Å². The van der Waals surface area contributed by atoms with E-state index >= 15 is 0 Å². The molecule has 1 unspecified atom stereocenters. The highest BCUT2D eigenvalue weighted by molar-refractivity contribution is 9.50. The van der Waals surface area contributed by atoms with Crippen LogP contribution in [0.15, 0.2) is 53.7 Å². The van der Waals surface area contributed by atoms with E-state index in [1.807, 2.05) is 43.3 Å². The second-order valence-corrected chi connectivity index (χ2v) is 6.43. The van der Waals surface area contributed by atoms with E-state index in [1.165, 1.54) is 10.2 Å². The van der Waals surface area contributed by atoms with Crippen molar-refractivity contribution in [1.82, 2.24) is 4.98 Å². The average molecular weight is 363 g/mol. The zero-order valence-electron chi connectivity index (χ0n) is 11.6. The number of aromatic nitrogens is 1. The number of benzene rings is 1. The number of hydrogen-bond donors (Lipinski definition) is 0. The first-order valence-electron chi connectivity index (χ1n) is 6.51. The van der Waals surface area contributed by atoms with Gasteiger partial charge >= 0.3 is 0 Å². The lowest BCUT2D eigenvalue weighted by molar-refractivity contribution is 0.285. The Morgan fingerprint density at radius 2 is 2.10 bits per heavy atom. The largest absolute Gasteiger partial charge is 0.494 e. The van der Waals surface area contributed by atoms with Gasteiger partial charge in [-0.1, -0.05) is 6.07 Å². The number of hydrogen-bond acceptors (Lipinski definition) is 4. The van der Waals surface area contributed by atoms with Gasteiger partial charge in [0.2, 0.25) is 0 Å². The molecule has 108 valence electrons. The van der Waals surface area contributed by atoms with Gasteiger partial charge in [0.05, 0.1) is 18.1 Å². The van der Waals surface area contributed by atoms with Crippen molar-refractivity contribution < 1.29 is 4.74 Å². The molecule has 1 atom stereocenters. The van der Waals surface area contributed by atoms with E-state index in [4.69, 9.17) is 4.74 Å². The second-order valence-electron chi connectivity index (χ2n) is 4.83. The highest BCUT2D eigenvalue weighted by Crippen LogP contribution is 2.28. The molecule has 0 fully saturated rings. The minimum Gasteiger partial charge on any atom is -0.494 e. The van der Waals surface area contributed by atoms with E-state index in [-0.39, 0.29) is 0 Å². The Morgan fingerprint density at radius 3 is 2.67 bits per heavy atom. The fourth-order valence-electron chi connectivity index (χ4n) is 1.91. The third kappa shape index (κ3) is 4.23. The summed E-state index contributed by atoms with van der Waals surface area (Å²) in [5, 5.41) is 9.46. The SMILES string of the molecule is CC(C#N)(CCOc1ccc(SBr)cc1)c1cccnc1. The standard InChI is InChI=1S/C16H15BrN2OS/c1-16(12-18,13-3-2-9-19-11-13)8-10-20-14-4-6-15(21-17)7-5-14/h2-7,9,11H,8,10H2,1H3. The smallest absolute Gasteiger partial charge is 0.119 e. The fraction of sp³-hybridized carbons (Fsp3) is 0.250. The van der Waals surface area contributed by atoms with Gasteiger partial charge in [-0.3, -0.25) is 4.98 Å². The number of nitriles is 1. The van der Waals surface area contributed by atoms with Crippen molar-refractivity contribution in [3.63, 3.8) is 0 Å². The molecule has 21 heavy (non-hydrogen) atoms. The summed E-state index contributed by atoms with van der Waals surface area (Å²) in [6.07, 6.45) is 4.07. The summed E-state index contributed by atoms with van der Waals surface area (Å²) < 4.78 is 5.73. The maximum Gasteiger partial charge on any atom is 0.119 e. The first-order chi connectivity index (χ1) is 10.2. The molecule has 0 aliphatic carbocycles. The number of rotatable bonds is 6. The molecule has 0 saturated heterocycles. The summed E-state index contributed by atoms with van der Waals surface area (Å²) in [6, 6.07) is 14.0. The minimum atomic E-state index is -0.583. The van der Waals surface area contributed by atoms with Crippen LogP contribution in [0.5, 0.6) is 5.75 Å². The maximum absolute atomic E-state index is 9.46. The van der Waals surface area contributed by atoms with Crippen LogP contribution in [0.2, 0.25) is 0 Å². The number of ether oxygens (including phenoxy) is 1. The van der Waals surface area contributed by atoms with Crippen molar-refractivity contribution >= 4 is 25.0 Å². The van der Waals surface area contributed by atoms with E-state index < -0.39 is 5.41 Å². The highest BCUT2D eigenvalue weighted by Gasteiger charge is 2.26. The van der Waals surface area contributed by atoms with Crippen LogP contribution in [0.4, 0.5) is 0 Å². The van der Waals surface area contributed by atoms with Gasteiger partial charge < -0.3 is 4.74 Å². The molecular formula is C16H15BrN2OS. The van der Waals surface area contributed by atoms with Gasteiger partial charge in [0.1, 0.15) is 5.75 Å². The zero-order valence-corrected chi connectivity index (χ0v) is 14.0. The summed E-state index contributed by atoms with van der Waals surface area (Å²) in [5.74, 6) is 0.812. The van der Waals surface area contributed by atoms with Crippen molar-refractivity contribution in [3.8, 4) is 11.8 Å². The van der Waals surface area contributed by atoms with E-state index in [0.29, 0.717) is 13.0 Å². The predicted molar refractivity (Wildman–Crippen MR) is 88.5 cm³/mol. The summed E-state index contributed by atoms with van der Waals surface area (Å²) in [7, 11) is 1.51. The van der Waals surface area contributed by atoms with Crippen LogP contribution in [-0.4, -0.2) is 11.6 Å². The first-order valence-corrected chi connectivity index (χ1v) is 9.17. The Morgan fingerprint density at radius 1 is 1.33 bits per heavy atom. The van der Waals surface area contributed by atoms with Crippen molar-refractivity contribution in [1.29, 1.82) is 5.26 Å². The van der Waals surface area contributed by atoms with Crippen LogP contribution in [0.3, 0.4) is 0 Å². The molecule has 0 bridgehead atoms. The Hall–Kier alpha value is -1.51. The van der Waals surface area contributed by atoms with E-state index in [0.717, 1.165) is 16.2 Å². The molecule has 0 aliphatic heterocycles. The molecule has 0 saturated carbocycles. The van der Waals surface area contributed by atoms with Gasteiger partial charge in [0.25, 0.3) is 0 Å². The van der Waals surface area contributed by atoms with E-state index in [2.05, 4.69) is 25.9 Å². The normalized spacial score (nSPS) is 13.2. The van der Waals surface area contributed by atoms with E-state index in [9.17, 15) is 5.26 Å². The molecule has 0 radical (unpaired) electrons. The van der Waals surface area contributed by atoms with Gasteiger partial charge in [0.15, 0.2) is 0 Å². The van der Waals surface area contributed by atoms with E-state index in [1.54, 1.807) is 12.4 Å². The molecule has 1 aromatic carbocycles. The average Bonchev–Trinajstić information content (AvgIpc) is 2.56. The fourth-order valence-corrected chi connectivity index (χ4v) is 2.80. The predicted octanol–water partition coefficient (Wildman–Crippen LogP) is 4.73. The molecule has 0 spiro atoms. The first kappa shape index (κ1) is 15.9. The minimum absolute atomic E-state index is 0.486. The number of nitrogens with zero attached hydrogens (tertiary/aromatic N) is 2. The number of pyridine rings is 1. The molecule has 2 aromatic rings. The van der Waals surface area contributed by atoms with Crippen molar-refractivity contribution in [3.05, 3.63) is 54.4 Å². The van der Waals surface area contributed by atoms with Crippen molar-refractivity contribution in [2.45, 2.75) is 23.7 Å². The molecule has 0 N–H and O–H groups in total. The summed E-state index contributed by atoms with van der Waals surface area (Å²) in [6.45, 7) is 2.40. The Labute approximate surface area is 136 Å². The monoisotopic (exact) mass is 362 g/mol. The van der Waals surface area contributed by atoms with Crippen LogP contribution in [0.1, 0.15) is 18.9 Å². The lowest BCUT2D eigenvalue weighted by atomic mass is 9.82. The molecule has 0 aliphatic rings. The Kier molecular flexibility index (Phi) is 5.66. The maximum atomic E-state index is 9.46. The summed E-state index contributed by atoms with van der Waals surface area (Å²) >= 11 is 3.33. The Bertz CT molecular complexity index is 612. The molecule has 5 heteroatoms. The summed E-state index contributed by atoms with van der Waals surface area (Å²) in [5.41, 5.74) is 0.335. The third-order valence-electron chi connectivity index (χ3n) is 3.33. The zero-order chi connectivity index (χ0) is 15.1. The van der Waals surface area contributed by atoms with Crippen LogP contribution in [0, 0.1) is 11.3 Å². The van der Waals surface area contributed by atoms with Gasteiger partial charge in [-0.25, -0.2) is 0 Å². The number of halogens is 1. The second kappa shape index (κ2) is 7.48. The highest BCUT2D eigenvalue weighted by atomic mass is 79.9. The quantitative estimate of drug-likeness (QED) is 0.744. The van der Waals surface area contributed by atoms with Gasteiger partial charge in [-0.2, -0.15) is 5.26 Å². The molecule has 3 nitrogen and oxygen atoms in total. The lowest BCUT2D eigenvalue weighted by Gasteiger charge is -2.21.